The van der Waals surface area contributed by atoms with E-state index in [2.05, 4.69) is 26.7 Å². The van der Waals surface area contributed by atoms with E-state index in [1.165, 1.54) is 0 Å². The zero-order valence-electron chi connectivity index (χ0n) is 4.68. The molecule has 0 spiro atoms. The fraction of sp³-hybridized carbons (Fsp3) is 0.200. The molecule has 2 heterocycles. The van der Waals surface area contributed by atoms with Crippen LogP contribution < -0.4 is 5.32 Å². The molecule has 0 aliphatic carbocycles. The molecule has 2 N–H and O–H groups in total. The first-order valence-corrected chi connectivity index (χ1v) is 2.67. The van der Waals surface area contributed by atoms with Crippen LogP contribution in [-0.4, -0.2) is 16.5 Å². The van der Waals surface area contributed by atoms with E-state index in [9.17, 15) is 0 Å². The van der Waals surface area contributed by atoms with Crippen molar-refractivity contribution in [2.75, 3.05) is 0 Å². The largest absolute Gasteiger partial charge is 0.372 e. The first-order valence-electron chi connectivity index (χ1n) is 2.67. The highest BCUT2D eigenvalue weighted by atomic mass is 15.2. The van der Waals surface area contributed by atoms with Gasteiger partial charge >= 0.3 is 0 Å². The van der Waals surface area contributed by atoms with Crippen molar-refractivity contribution in [2.45, 2.75) is 6.54 Å². The summed E-state index contributed by atoms with van der Waals surface area (Å²) < 4.78 is 0. The molecule has 1 aromatic rings. The van der Waals surface area contributed by atoms with Crippen LogP contribution in [0.1, 0.15) is 5.56 Å². The lowest BCUT2D eigenvalue weighted by Gasteiger charge is -2.02. The Morgan fingerprint density at radius 1 is 1.67 bits per heavy atom. The summed E-state index contributed by atoms with van der Waals surface area (Å²) in [7, 11) is 0. The van der Waals surface area contributed by atoms with Crippen LogP contribution in [0.25, 0.3) is 0 Å². The van der Waals surface area contributed by atoms with Crippen molar-refractivity contribution < 1.29 is 0 Å². The van der Waals surface area contributed by atoms with Crippen LogP contribution in [0.2, 0.25) is 0 Å². The second-order valence-corrected chi connectivity index (χ2v) is 1.80. The Hall–Kier alpha value is -1.32. The maximum Gasteiger partial charge on any atom is 0.155 e. The highest BCUT2D eigenvalue weighted by Gasteiger charge is 2.05. The van der Waals surface area contributed by atoms with Crippen molar-refractivity contribution in [1.29, 1.82) is 0 Å². The Balaban J connectivity index is 2.53. The second-order valence-electron chi connectivity index (χ2n) is 1.80. The molecule has 4 heteroatoms. The number of hydrogen-bond donors (Lipinski definition) is 2. The molecule has 0 saturated heterocycles. The van der Waals surface area contributed by atoms with Crippen molar-refractivity contribution in [1.82, 2.24) is 15.5 Å². The van der Waals surface area contributed by atoms with Crippen molar-refractivity contribution in [2.24, 2.45) is 4.99 Å². The van der Waals surface area contributed by atoms with Crippen molar-refractivity contribution in [3.8, 4) is 0 Å². The molecule has 1 aromatic heterocycles. The molecule has 0 atom stereocenters. The Labute approximate surface area is 52.0 Å². The molecule has 4 nitrogen and oxygen atoms in total. The molecule has 0 fully saturated rings. The summed E-state index contributed by atoms with van der Waals surface area (Å²) in [5.41, 5.74) is 0.998. The van der Waals surface area contributed by atoms with Crippen LogP contribution in [-0.2, 0) is 6.54 Å². The number of nitrogens with one attached hydrogen (secondary N) is 2. The third kappa shape index (κ3) is 0.595. The predicted octanol–water partition coefficient (Wildman–Crippen LogP) is -0.0271. The van der Waals surface area contributed by atoms with E-state index in [4.69, 9.17) is 0 Å². The van der Waals surface area contributed by atoms with Gasteiger partial charge in [-0.1, -0.05) is 0 Å². The zero-order valence-corrected chi connectivity index (χ0v) is 4.68. The Morgan fingerprint density at radius 2 is 2.67 bits per heavy atom. The van der Waals surface area contributed by atoms with Gasteiger partial charge in [0, 0.05) is 12.1 Å². The quantitative estimate of drug-likeness (QED) is 0.506. The molecule has 2 rings (SSSR count). The average Bonchev–Trinajstić information content (AvgIpc) is 2.33. The number of hydrogen-bond acceptors (Lipinski definition) is 3. The van der Waals surface area contributed by atoms with Gasteiger partial charge in [0.05, 0.1) is 6.34 Å². The van der Waals surface area contributed by atoms with E-state index >= 15 is 0 Å². The molecule has 0 unspecified atom stereocenters. The third-order valence-electron chi connectivity index (χ3n) is 1.20. The Kier molecular flexibility index (Phi) is 0.798. The predicted molar refractivity (Wildman–Crippen MR) is 32.4 cm³/mol. The highest BCUT2D eigenvalue weighted by Crippen LogP contribution is 2.14. The molecule has 0 aromatic carbocycles. The standard InChI is InChI=1S/C5H5N4/c1-4-2-8-9-5(4)7-3-6-1/h3H,1H2,(H2,6,7,8,9). The lowest BCUT2D eigenvalue weighted by Crippen LogP contribution is -2.12. The molecule has 0 saturated carbocycles. The molecule has 0 bridgehead atoms. The van der Waals surface area contributed by atoms with Gasteiger partial charge in [-0.05, 0) is 0 Å². The zero-order chi connectivity index (χ0) is 6.10. The van der Waals surface area contributed by atoms with E-state index in [0.717, 1.165) is 17.9 Å². The van der Waals surface area contributed by atoms with Gasteiger partial charge in [0.25, 0.3) is 0 Å². The monoisotopic (exact) mass is 121 g/mol. The lowest BCUT2D eigenvalue weighted by atomic mass is 10.3. The number of aromatic nitrogens is 2. The number of rotatable bonds is 0. The minimum absolute atomic E-state index is 0.773. The van der Waals surface area contributed by atoms with Gasteiger partial charge in [0.2, 0.25) is 0 Å². The average molecular weight is 121 g/mol. The molecule has 1 aliphatic heterocycles. The summed E-state index contributed by atoms with van der Waals surface area (Å²) in [6.45, 7) is 0.773. The summed E-state index contributed by atoms with van der Waals surface area (Å²) >= 11 is 0. The molecule has 0 amide bonds. The molecule has 45 valence electrons. The van der Waals surface area contributed by atoms with Gasteiger partial charge in [0.1, 0.15) is 6.20 Å². The third-order valence-corrected chi connectivity index (χ3v) is 1.20. The van der Waals surface area contributed by atoms with Crippen molar-refractivity contribution in [3.05, 3.63) is 11.8 Å². The first kappa shape index (κ1) is 4.55. The Morgan fingerprint density at radius 3 is 3.56 bits per heavy atom. The Bertz CT molecular complexity index is 237. The van der Waals surface area contributed by atoms with Gasteiger partial charge < -0.3 is 5.32 Å². The van der Waals surface area contributed by atoms with E-state index in [1.54, 1.807) is 6.34 Å². The maximum atomic E-state index is 3.97. The fourth-order valence-electron chi connectivity index (χ4n) is 0.757. The van der Waals surface area contributed by atoms with Crippen LogP contribution in [0.5, 0.6) is 0 Å². The summed E-state index contributed by atoms with van der Waals surface area (Å²) in [4.78, 5) is 3.97. The van der Waals surface area contributed by atoms with Crippen LogP contribution in [0.3, 0.4) is 0 Å². The van der Waals surface area contributed by atoms with Gasteiger partial charge in [0.15, 0.2) is 5.82 Å². The van der Waals surface area contributed by atoms with Crippen LogP contribution in [0.15, 0.2) is 4.99 Å². The van der Waals surface area contributed by atoms with Gasteiger partial charge in [-0.25, -0.2) is 4.99 Å². The number of aromatic amines is 1. The van der Waals surface area contributed by atoms with E-state index < -0.39 is 0 Å². The summed E-state index contributed by atoms with van der Waals surface area (Å²) in [5.74, 6) is 0.814. The van der Waals surface area contributed by atoms with Crippen LogP contribution >= 0.6 is 0 Å². The second kappa shape index (κ2) is 1.58. The molecular formula is C5H5N4. The maximum absolute atomic E-state index is 3.97. The molecule has 9 heavy (non-hydrogen) atoms. The summed E-state index contributed by atoms with van der Waals surface area (Å²) in [5, 5.41) is 9.36. The van der Waals surface area contributed by atoms with Crippen LogP contribution in [0, 0.1) is 6.20 Å². The minimum atomic E-state index is 0.773. The fourth-order valence-corrected chi connectivity index (χ4v) is 0.757. The van der Waals surface area contributed by atoms with Crippen molar-refractivity contribution in [3.63, 3.8) is 0 Å². The van der Waals surface area contributed by atoms with Crippen LogP contribution in [0.4, 0.5) is 5.82 Å². The molecular weight excluding hydrogens is 116 g/mol. The molecule has 1 aliphatic rings. The number of nitrogens with zero attached hydrogens (tertiary/aromatic N) is 2. The minimum Gasteiger partial charge on any atom is -0.372 e. The highest BCUT2D eigenvalue weighted by molar-refractivity contribution is 5.63. The van der Waals surface area contributed by atoms with Crippen molar-refractivity contribution >= 4 is 12.2 Å². The van der Waals surface area contributed by atoms with E-state index in [0.29, 0.717) is 0 Å². The lowest BCUT2D eigenvalue weighted by molar-refractivity contribution is 0.912. The van der Waals surface area contributed by atoms with Gasteiger partial charge in [-0.3, -0.25) is 5.10 Å². The molecule has 1 radical (unpaired) electrons. The summed E-state index contributed by atoms with van der Waals surface area (Å²) in [6, 6.07) is 0. The van der Waals surface area contributed by atoms with E-state index in [-0.39, 0.29) is 0 Å². The number of aliphatic imine (C=N–C) groups is 1. The number of H-pyrrole nitrogens is 1. The van der Waals surface area contributed by atoms with E-state index in [1.807, 2.05) is 0 Å². The summed E-state index contributed by atoms with van der Waals surface area (Å²) in [6.07, 6.45) is 4.42. The normalized spacial score (nSPS) is 14.7. The van der Waals surface area contributed by atoms with Gasteiger partial charge in [-0.15, -0.1) is 0 Å². The SMILES string of the molecule is [c]1n[nH]c2c1CNC=N2. The first-order chi connectivity index (χ1) is 4.47. The topological polar surface area (TPSA) is 53.1 Å². The number of fused-ring (bicyclic) bond motifs is 1. The van der Waals surface area contributed by atoms with Gasteiger partial charge in [-0.2, -0.15) is 5.10 Å². The smallest absolute Gasteiger partial charge is 0.155 e.